The van der Waals surface area contributed by atoms with Crippen molar-refractivity contribution in [1.29, 1.82) is 0 Å². The molecule has 1 aromatic carbocycles. The molecule has 0 spiro atoms. The molecule has 6 nitrogen and oxygen atoms in total. The van der Waals surface area contributed by atoms with Crippen molar-refractivity contribution < 1.29 is 19.1 Å². The molecule has 172 valence electrons. The highest BCUT2D eigenvalue weighted by atomic mass is 16.5. The van der Waals surface area contributed by atoms with Crippen molar-refractivity contribution in [3.63, 3.8) is 0 Å². The number of carboxylic acids is 1. The Hall–Kier alpha value is -2.86. The van der Waals surface area contributed by atoms with Gasteiger partial charge in [0.25, 0.3) is 0 Å². The number of carboxylic acid groups (broad SMARTS) is 1. The van der Waals surface area contributed by atoms with E-state index in [4.69, 9.17) is 9.15 Å². The van der Waals surface area contributed by atoms with Crippen LogP contribution in [0.4, 0.5) is 0 Å². The number of hydrogen-bond donors (Lipinski definition) is 1. The highest BCUT2D eigenvalue weighted by Crippen LogP contribution is 2.27. The molecule has 1 aromatic heterocycles. The van der Waals surface area contributed by atoms with E-state index in [0.29, 0.717) is 44.3 Å². The summed E-state index contributed by atoms with van der Waals surface area (Å²) < 4.78 is 11.7. The lowest BCUT2D eigenvalue weighted by molar-refractivity contribution is -0.143. The van der Waals surface area contributed by atoms with E-state index >= 15 is 0 Å². The standard InChI is InChI=1S/C26H34N2O4/c1-5-6-13-28-17-21-15-22(11-10-20(21)16-24(28)26(29)30)31-14-12-23-19(4)32-25(27-23)9-7-8-18(2)3/h5,7,9-11,15,18,24H,1,6,8,12-14,16-17H2,2-4H3,(H,29,30)/b9-7+/t24-/m0/s1. The normalized spacial score (nSPS) is 16.4. The Morgan fingerprint density at radius 1 is 1.41 bits per heavy atom. The predicted molar refractivity (Wildman–Crippen MR) is 126 cm³/mol. The van der Waals surface area contributed by atoms with Crippen molar-refractivity contribution in [3.8, 4) is 5.75 Å². The van der Waals surface area contributed by atoms with Crippen molar-refractivity contribution in [2.24, 2.45) is 5.92 Å². The number of oxazole rings is 1. The summed E-state index contributed by atoms with van der Waals surface area (Å²) in [6.07, 6.45) is 8.78. The maximum Gasteiger partial charge on any atom is 0.321 e. The molecule has 2 aromatic rings. The van der Waals surface area contributed by atoms with E-state index in [1.807, 2.05) is 42.2 Å². The van der Waals surface area contributed by atoms with E-state index in [9.17, 15) is 9.90 Å². The zero-order valence-electron chi connectivity index (χ0n) is 19.3. The third kappa shape index (κ3) is 6.33. The minimum Gasteiger partial charge on any atom is -0.493 e. The van der Waals surface area contributed by atoms with Gasteiger partial charge in [0.1, 0.15) is 17.6 Å². The number of carbonyl (C=O) groups is 1. The Kier molecular flexibility index (Phi) is 8.28. The molecule has 0 unspecified atom stereocenters. The van der Waals surface area contributed by atoms with Crippen LogP contribution in [-0.2, 0) is 24.2 Å². The maximum absolute atomic E-state index is 11.7. The van der Waals surface area contributed by atoms with Crippen molar-refractivity contribution in [2.75, 3.05) is 13.2 Å². The summed E-state index contributed by atoms with van der Waals surface area (Å²) in [6.45, 7) is 11.8. The number of aliphatic carboxylic acids is 1. The van der Waals surface area contributed by atoms with E-state index in [1.54, 1.807) is 0 Å². The van der Waals surface area contributed by atoms with Gasteiger partial charge in [-0.2, -0.15) is 0 Å². The van der Waals surface area contributed by atoms with Gasteiger partial charge < -0.3 is 14.3 Å². The molecular formula is C26H34N2O4. The van der Waals surface area contributed by atoms with Crippen molar-refractivity contribution in [2.45, 2.75) is 59.0 Å². The third-order valence-electron chi connectivity index (χ3n) is 5.70. The van der Waals surface area contributed by atoms with Gasteiger partial charge in [0, 0.05) is 19.5 Å². The fourth-order valence-corrected chi connectivity index (χ4v) is 3.90. The molecule has 1 atom stereocenters. The SMILES string of the molecule is C=CCCN1Cc2cc(OCCc3nc(/C=C/CC(C)C)oc3C)ccc2C[C@H]1C(=O)O. The van der Waals surface area contributed by atoms with E-state index in [0.717, 1.165) is 41.2 Å². The second kappa shape index (κ2) is 11.1. The largest absolute Gasteiger partial charge is 0.493 e. The number of aryl methyl sites for hydroxylation is 1. The van der Waals surface area contributed by atoms with Crippen LogP contribution in [-0.4, -0.2) is 40.2 Å². The quantitative estimate of drug-likeness (QED) is 0.495. The number of hydrogen-bond acceptors (Lipinski definition) is 5. The van der Waals surface area contributed by atoms with E-state index in [-0.39, 0.29) is 0 Å². The third-order valence-corrected chi connectivity index (χ3v) is 5.70. The van der Waals surface area contributed by atoms with Crippen molar-refractivity contribution in [3.05, 3.63) is 65.4 Å². The molecule has 0 saturated carbocycles. The zero-order chi connectivity index (χ0) is 23.1. The van der Waals surface area contributed by atoms with Gasteiger partial charge in [0.2, 0.25) is 5.89 Å². The molecule has 1 aliphatic heterocycles. The summed E-state index contributed by atoms with van der Waals surface area (Å²) in [7, 11) is 0. The summed E-state index contributed by atoms with van der Waals surface area (Å²) in [5, 5.41) is 9.60. The van der Waals surface area contributed by atoms with Crippen LogP contribution in [0.15, 0.2) is 41.3 Å². The van der Waals surface area contributed by atoms with Crippen molar-refractivity contribution in [1.82, 2.24) is 9.88 Å². The Labute approximate surface area is 190 Å². The van der Waals surface area contributed by atoms with Crippen LogP contribution in [0.5, 0.6) is 5.75 Å². The molecule has 0 radical (unpaired) electrons. The van der Waals surface area contributed by atoms with Gasteiger partial charge in [-0.3, -0.25) is 9.69 Å². The van der Waals surface area contributed by atoms with E-state index in [1.165, 1.54) is 0 Å². The molecule has 6 heteroatoms. The van der Waals surface area contributed by atoms with Crippen molar-refractivity contribution >= 4 is 12.0 Å². The van der Waals surface area contributed by atoms with E-state index < -0.39 is 12.0 Å². The van der Waals surface area contributed by atoms with Crippen LogP contribution in [0.2, 0.25) is 0 Å². The molecule has 2 heterocycles. The second-order valence-electron chi connectivity index (χ2n) is 8.72. The minimum absolute atomic E-state index is 0.492. The number of ether oxygens (including phenoxy) is 1. The molecule has 3 rings (SSSR count). The Morgan fingerprint density at radius 2 is 2.22 bits per heavy atom. The fraction of sp³-hybridized carbons (Fsp3) is 0.462. The first-order valence-corrected chi connectivity index (χ1v) is 11.3. The summed E-state index contributed by atoms with van der Waals surface area (Å²) >= 11 is 0. The number of aromatic nitrogens is 1. The maximum atomic E-state index is 11.7. The zero-order valence-corrected chi connectivity index (χ0v) is 19.3. The lowest BCUT2D eigenvalue weighted by atomic mass is 9.93. The molecule has 0 amide bonds. The summed E-state index contributed by atoms with van der Waals surface area (Å²) in [5.74, 6) is 2.08. The molecule has 32 heavy (non-hydrogen) atoms. The van der Waals surface area contributed by atoms with Crippen LogP contribution >= 0.6 is 0 Å². The topological polar surface area (TPSA) is 75.8 Å². The fourth-order valence-electron chi connectivity index (χ4n) is 3.90. The molecule has 1 N–H and O–H groups in total. The lowest BCUT2D eigenvalue weighted by Gasteiger charge is -2.34. The van der Waals surface area contributed by atoms with Gasteiger partial charge in [-0.25, -0.2) is 4.98 Å². The summed E-state index contributed by atoms with van der Waals surface area (Å²) in [6, 6.07) is 5.45. The molecule has 0 fully saturated rings. The second-order valence-corrected chi connectivity index (χ2v) is 8.72. The summed E-state index contributed by atoms with van der Waals surface area (Å²) in [5.41, 5.74) is 3.11. The molecule has 0 aliphatic carbocycles. The number of fused-ring (bicyclic) bond motifs is 1. The average Bonchev–Trinajstić information content (AvgIpc) is 3.10. The van der Waals surface area contributed by atoms with Crippen LogP contribution in [0.3, 0.4) is 0 Å². The lowest BCUT2D eigenvalue weighted by Crippen LogP contribution is -2.45. The summed E-state index contributed by atoms with van der Waals surface area (Å²) in [4.78, 5) is 18.3. The van der Waals surface area contributed by atoms with Crippen LogP contribution in [0.1, 0.15) is 55.2 Å². The predicted octanol–water partition coefficient (Wildman–Crippen LogP) is 5.05. The number of benzene rings is 1. The van der Waals surface area contributed by atoms with Gasteiger partial charge in [-0.1, -0.05) is 32.1 Å². The first-order chi connectivity index (χ1) is 15.4. The number of rotatable bonds is 11. The van der Waals surface area contributed by atoms with Crippen LogP contribution in [0.25, 0.3) is 6.08 Å². The highest BCUT2D eigenvalue weighted by Gasteiger charge is 2.31. The Balaban J connectivity index is 1.59. The van der Waals surface area contributed by atoms with Crippen LogP contribution in [0, 0.1) is 12.8 Å². The number of nitrogens with zero attached hydrogens (tertiary/aromatic N) is 2. The number of allylic oxidation sites excluding steroid dienone is 1. The first kappa shape index (κ1) is 23.8. The van der Waals surface area contributed by atoms with Gasteiger partial charge in [0.15, 0.2) is 0 Å². The van der Waals surface area contributed by atoms with Gasteiger partial charge in [-0.15, -0.1) is 6.58 Å². The molecule has 0 bridgehead atoms. The monoisotopic (exact) mass is 438 g/mol. The molecule has 1 aliphatic rings. The minimum atomic E-state index is -0.776. The van der Waals surface area contributed by atoms with E-state index in [2.05, 4.69) is 31.5 Å². The molecule has 0 saturated heterocycles. The first-order valence-electron chi connectivity index (χ1n) is 11.3. The highest BCUT2D eigenvalue weighted by molar-refractivity contribution is 5.74. The van der Waals surface area contributed by atoms with Crippen LogP contribution < -0.4 is 4.74 Å². The van der Waals surface area contributed by atoms with Gasteiger partial charge >= 0.3 is 5.97 Å². The molecular weight excluding hydrogens is 404 g/mol. The Bertz CT molecular complexity index is 961. The Morgan fingerprint density at radius 3 is 2.94 bits per heavy atom. The van der Waals surface area contributed by atoms with Gasteiger partial charge in [-0.05, 0) is 61.4 Å². The average molecular weight is 439 g/mol. The van der Waals surface area contributed by atoms with Gasteiger partial charge in [0.05, 0.1) is 12.3 Å². The smallest absolute Gasteiger partial charge is 0.321 e.